The van der Waals surface area contributed by atoms with E-state index in [2.05, 4.69) is 0 Å². The third kappa shape index (κ3) is 6.68. The van der Waals surface area contributed by atoms with E-state index >= 15 is 0 Å². The van der Waals surface area contributed by atoms with Gasteiger partial charge in [0.1, 0.15) is 10.1 Å². The number of benzene rings is 3. The van der Waals surface area contributed by atoms with Gasteiger partial charge in [0, 0.05) is 22.2 Å². The molecule has 0 unspecified atom stereocenters. The maximum atomic E-state index is 13.0. The van der Waals surface area contributed by atoms with Gasteiger partial charge in [-0.2, -0.15) is 0 Å². The summed E-state index contributed by atoms with van der Waals surface area (Å²) in [4.78, 5) is 26.0. The summed E-state index contributed by atoms with van der Waals surface area (Å²) in [5.74, 6) is -0.432. The van der Waals surface area contributed by atoms with Crippen molar-refractivity contribution < 1.29 is 19.4 Å². The van der Waals surface area contributed by atoms with Crippen molar-refractivity contribution in [3.63, 3.8) is 0 Å². The van der Waals surface area contributed by atoms with Gasteiger partial charge in [0.25, 0.3) is 5.91 Å². The van der Waals surface area contributed by atoms with Crippen LogP contribution in [0.15, 0.2) is 71.6 Å². The number of halogens is 2. The Labute approximate surface area is 228 Å². The molecule has 5 nitrogen and oxygen atoms in total. The van der Waals surface area contributed by atoms with Gasteiger partial charge in [0.05, 0.1) is 17.9 Å². The van der Waals surface area contributed by atoms with Crippen LogP contribution in [0.3, 0.4) is 0 Å². The maximum absolute atomic E-state index is 13.0. The number of carboxylic acids is 1. The first-order valence-corrected chi connectivity index (χ1v) is 13.0. The van der Waals surface area contributed by atoms with Gasteiger partial charge in [-0.05, 0) is 59.5 Å². The molecule has 3 aromatic carbocycles. The average molecular weight is 559 g/mol. The number of ether oxygens (including phenoxy) is 1. The standard InChI is InChI=1S/C27H21Cl2NO4S2/c28-20-8-9-22(23(29)16-20)19-6-1-4-17(12-19)14-24-26(33)30(27(35)36-24)10-3-11-34-21-7-2-5-18(13-21)15-25(31)32/h1-2,4-9,12-14,16H,3,10-11,15H2,(H,31,32)/b24-14-. The largest absolute Gasteiger partial charge is 0.494 e. The lowest BCUT2D eigenvalue weighted by molar-refractivity contribution is -0.136. The van der Waals surface area contributed by atoms with Crippen molar-refractivity contribution in [1.29, 1.82) is 0 Å². The molecule has 1 saturated heterocycles. The number of rotatable bonds is 9. The lowest BCUT2D eigenvalue weighted by Gasteiger charge is -2.14. The zero-order valence-electron chi connectivity index (χ0n) is 18.9. The molecule has 0 aromatic heterocycles. The quantitative estimate of drug-likeness (QED) is 0.174. The number of hydrogen-bond acceptors (Lipinski definition) is 5. The van der Waals surface area contributed by atoms with Crippen LogP contribution in [0.1, 0.15) is 17.5 Å². The minimum Gasteiger partial charge on any atom is -0.494 e. The number of thiocarbonyl (C=S) groups is 1. The molecule has 0 radical (unpaired) electrons. The SMILES string of the molecule is O=C(O)Cc1cccc(OCCCN2C(=O)/C(=C/c3cccc(-c4ccc(Cl)cc4Cl)c3)SC2=S)c1. The summed E-state index contributed by atoms with van der Waals surface area (Å²) in [5, 5.41) is 10.1. The summed E-state index contributed by atoms with van der Waals surface area (Å²) < 4.78 is 6.24. The van der Waals surface area contributed by atoms with Gasteiger partial charge < -0.3 is 9.84 Å². The number of amides is 1. The molecule has 9 heteroatoms. The highest BCUT2D eigenvalue weighted by Crippen LogP contribution is 2.34. The molecular formula is C27H21Cl2NO4S2. The highest BCUT2D eigenvalue weighted by atomic mass is 35.5. The lowest BCUT2D eigenvalue weighted by Crippen LogP contribution is -2.29. The van der Waals surface area contributed by atoms with E-state index in [9.17, 15) is 9.59 Å². The number of aliphatic carboxylic acids is 1. The normalized spacial score (nSPS) is 14.5. The lowest BCUT2D eigenvalue weighted by atomic mass is 10.0. The summed E-state index contributed by atoms with van der Waals surface area (Å²) in [6, 6.07) is 20.1. The fourth-order valence-electron chi connectivity index (χ4n) is 3.70. The van der Waals surface area contributed by atoms with Crippen LogP contribution in [-0.4, -0.2) is 39.4 Å². The minimum atomic E-state index is -0.893. The van der Waals surface area contributed by atoms with Crippen molar-refractivity contribution in [2.45, 2.75) is 12.8 Å². The van der Waals surface area contributed by atoms with Gasteiger partial charge in [0.2, 0.25) is 0 Å². The number of hydrogen-bond donors (Lipinski definition) is 1. The van der Waals surface area contributed by atoms with Gasteiger partial charge in [-0.25, -0.2) is 0 Å². The highest BCUT2D eigenvalue weighted by molar-refractivity contribution is 8.26. The molecule has 0 atom stereocenters. The van der Waals surface area contributed by atoms with Crippen LogP contribution in [0, 0.1) is 0 Å². The molecule has 4 rings (SSSR count). The molecule has 1 aliphatic rings. The van der Waals surface area contributed by atoms with E-state index < -0.39 is 5.97 Å². The van der Waals surface area contributed by atoms with Crippen molar-refractivity contribution in [2.75, 3.05) is 13.2 Å². The zero-order valence-corrected chi connectivity index (χ0v) is 22.1. The third-order valence-electron chi connectivity index (χ3n) is 5.35. The predicted molar refractivity (Wildman–Crippen MR) is 150 cm³/mol. The van der Waals surface area contributed by atoms with Crippen LogP contribution in [0.5, 0.6) is 5.75 Å². The Bertz CT molecular complexity index is 1360. The Morgan fingerprint density at radius 3 is 2.67 bits per heavy atom. The van der Waals surface area contributed by atoms with Crippen LogP contribution >= 0.6 is 47.2 Å². The Morgan fingerprint density at radius 1 is 1.08 bits per heavy atom. The number of carbonyl (C=O) groups is 2. The summed E-state index contributed by atoms with van der Waals surface area (Å²) >= 11 is 19.1. The van der Waals surface area contributed by atoms with Crippen LogP contribution < -0.4 is 4.74 Å². The molecule has 0 aliphatic carbocycles. The zero-order chi connectivity index (χ0) is 25.7. The summed E-state index contributed by atoms with van der Waals surface area (Å²) in [6.45, 7) is 0.799. The molecule has 0 bridgehead atoms. The summed E-state index contributed by atoms with van der Waals surface area (Å²) in [6.07, 6.45) is 2.35. The van der Waals surface area contributed by atoms with Gasteiger partial charge in [-0.1, -0.05) is 83.6 Å². The van der Waals surface area contributed by atoms with Crippen molar-refractivity contribution in [3.05, 3.63) is 92.8 Å². The summed E-state index contributed by atoms with van der Waals surface area (Å²) in [7, 11) is 0. The van der Waals surface area contributed by atoms with E-state index in [-0.39, 0.29) is 12.3 Å². The van der Waals surface area contributed by atoms with Gasteiger partial charge in [-0.3, -0.25) is 14.5 Å². The molecule has 1 fully saturated rings. The van der Waals surface area contributed by atoms with E-state index in [0.29, 0.717) is 50.2 Å². The first kappa shape index (κ1) is 26.2. The Morgan fingerprint density at radius 2 is 1.89 bits per heavy atom. The van der Waals surface area contributed by atoms with E-state index in [1.54, 1.807) is 41.3 Å². The van der Waals surface area contributed by atoms with Crippen LogP contribution in [-0.2, 0) is 16.0 Å². The minimum absolute atomic E-state index is 0.0598. The van der Waals surface area contributed by atoms with Gasteiger partial charge in [-0.15, -0.1) is 0 Å². The first-order chi connectivity index (χ1) is 17.3. The van der Waals surface area contributed by atoms with Crippen LogP contribution in [0.2, 0.25) is 10.0 Å². The second-order valence-corrected chi connectivity index (χ2v) is 10.5. The molecular weight excluding hydrogens is 537 g/mol. The fraction of sp³-hybridized carbons (Fsp3) is 0.148. The molecule has 1 amide bonds. The maximum Gasteiger partial charge on any atom is 0.307 e. The van der Waals surface area contributed by atoms with E-state index in [4.69, 9.17) is 45.3 Å². The van der Waals surface area contributed by atoms with Crippen molar-refractivity contribution in [3.8, 4) is 16.9 Å². The molecule has 1 N–H and O–H groups in total. The van der Waals surface area contributed by atoms with E-state index in [1.807, 2.05) is 36.4 Å². The Hall–Kier alpha value is -2.84. The number of carbonyl (C=O) groups excluding carboxylic acids is 1. The van der Waals surface area contributed by atoms with E-state index in [1.165, 1.54) is 11.8 Å². The second-order valence-electron chi connectivity index (χ2n) is 8.00. The van der Waals surface area contributed by atoms with Gasteiger partial charge >= 0.3 is 5.97 Å². The average Bonchev–Trinajstić information content (AvgIpc) is 3.09. The molecule has 1 aliphatic heterocycles. The molecule has 3 aromatic rings. The van der Waals surface area contributed by atoms with Crippen molar-refractivity contribution in [2.24, 2.45) is 0 Å². The number of thioether (sulfide) groups is 1. The number of nitrogens with zero attached hydrogens (tertiary/aromatic N) is 1. The number of carboxylic acid groups (broad SMARTS) is 1. The van der Waals surface area contributed by atoms with Gasteiger partial charge in [0.15, 0.2) is 0 Å². The highest BCUT2D eigenvalue weighted by Gasteiger charge is 2.31. The van der Waals surface area contributed by atoms with Crippen molar-refractivity contribution >= 4 is 69.5 Å². The Balaban J connectivity index is 1.37. The molecule has 0 saturated carbocycles. The second kappa shape index (κ2) is 11.9. The molecule has 0 spiro atoms. The molecule has 1 heterocycles. The Kier molecular flexibility index (Phi) is 8.69. The first-order valence-electron chi connectivity index (χ1n) is 11.0. The third-order valence-corrected chi connectivity index (χ3v) is 7.27. The smallest absolute Gasteiger partial charge is 0.307 e. The fourth-order valence-corrected chi connectivity index (χ4v) is 5.52. The topological polar surface area (TPSA) is 66.8 Å². The van der Waals surface area contributed by atoms with E-state index in [0.717, 1.165) is 16.7 Å². The molecule has 184 valence electrons. The molecule has 36 heavy (non-hydrogen) atoms. The summed E-state index contributed by atoms with van der Waals surface area (Å²) in [5.41, 5.74) is 3.32. The van der Waals surface area contributed by atoms with Crippen LogP contribution in [0.25, 0.3) is 17.2 Å². The van der Waals surface area contributed by atoms with Crippen molar-refractivity contribution in [1.82, 2.24) is 4.90 Å². The monoisotopic (exact) mass is 557 g/mol. The predicted octanol–water partition coefficient (Wildman–Crippen LogP) is 6.96. The van der Waals surface area contributed by atoms with Crippen LogP contribution in [0.4, 0.5) is 0 Å².